The van der Waals surface area contributed by atoms with E-state index in [1.54, 1.807) is 0 Å². The molecule has 0 amide bonds. The summed E-state index contributed by atoms with van der Waals surface area (Å²) < 4.78 is 3.92. The van der Waals surface area contributed by atoms with Gasteiger partial charge < -0.3 is 0 Å². The maximum Gasteiger partial charge on any atom is 0.269 e. The van der Waals surface area contributed by atoms with Gasteiger partial charge in [-0.25, -0.2) is 9.13 Å². The predicted octanol–water partition coefficient (Wildman–Crippen LogP) is 4.80. The molecule has 0 aliphatic carbocycles. The molecular formula is C23H26N3O3+. The zero-order chi connectivity index (χ0) is 21.1. The third-order valence-corrected chi connectivity index (χ3v) is 5.02. The normalized spacial score (nSPS) is 11.2. The van der Waals surface area contributed by atoms with Gasteiger partial charge in [0.05, 0.1) is 4.92 Å². The van der Waals surface area contributed by atoms with Crippen molar-refractivity contribution in [2.75, 3.05) is 0 Å². The van der Waals surface area contributed by atoms with E-state index >= 15 is 0 Å². The number of imidazole rings is 1. The van der Waals surface area contributed by atoms with Crippen LogP contribution in [0, 0.1) is 10.1 Å². The molecular weight excluding hydrogens is 366 g/mol. The van der Waals surface area contributed by atoms with Gasteiger partial charge in [0.1, 0.15) is 18.1 Å². The van der Waals surface area contributed by atoms with Crippen molar-refractivity contribution in [3.63, 3.8) is 0 Å². The Hall–Kier alpha value is -3.28. The summed E-state index contributed by atoms with van der Waals surface area (Å²) >= 11 is 0. The number of aromatic nitrogens is 2. The summed E-state index contributed by atoms with van der Waals surface area (Å²) in [6.45, 7) is 8.89. The van der Waals surface area contributed by atoms with E-state index in [2.05, 4.69) is 50.5 Å². The first kappa shape index (κ1) is 20.5. The molecule has 0 aliphatic heterocycles. The third kappa shape index (κ3) is 4.42. The van der Waals surface area contributed by atoms with Crippen LogP contribution in [-0.4, -0.2) is 15.3 Å². The minimum absolute atomic E-state index is 0.0214. The van der Waals surface area contributed by atoms with E-state index in [0.29, 0.717) is 17.4 Å². The molecule has 0 spiro atoms. The molecule has 3 rings (SSSR count). The highest BCUT2D eigenvalue weighted by Crippen LogP contribution is 2.30. The summed E-state index contributed by atoms with van der Waals surface area (Å²) in [7, 11) is 0. The van der Waals surface area contributed by atoms with E-state index in [1.165, 1.54) is 41.1 Å². The molecule has 0 unspecified atom stereocenters. The molecule has 3 aromatic rings. The maximum atomic E-state index is 12.6. The monoisotopic (exact) mass is 392 g/mol. The van der Waals surface area contributed by atoms with Crippen molar-refractivity contribution in [1.82, 2.24) is 4.57 Å². The van der Waals surface area contributed by atoms with Crippen LogP contribution in [0.15, 0.2) is 61.2 Å². The summed E-state index contributed by atoms with van der Waals surface area (Å²) in [5, 5.41) is 10.8. The highest BCUT2D eigenvalue weighted by molar-refractivity contribution is 5.95. The lowest BCUT2D eigenvalue weighted by molar-refractivity contribution is -0.682. The summed E-state index contributed by atoms with van der Waals surface area (Å²) in [5.74, 6) is 0.659. The van der Waals surface area contributed by atoms with Crippen molar-refractivity contribution in [2.45, 2.75) is 46.1 Å². The Kier molecular flexibility index (Phi) is 5.92. The molecule has 2 aromatic carbocycles. The molecule has 1 aromatic heterocycles. The fraction of sp³-hybridized carbons (Fsp3) is 0.304. The van der Waals surface area contributed by atoms with E-state index in [9.17, 15) is 14.9 Å². The van der Waals surface area contributed by atoms with Gasteiger partial charge in [-0.3, -0.25) is 14.9 Å². The molecule has 0 saturated heterocycles. The van der Waals surface area contributed by atoms with Crippen molar-refractivity contribution in [2.24, 2.45) is 0 Å². The number of carbonyl (C=O) groups is 1. The first-order chi connectivity index (χ1) is 13.8. The Morgan fingerprint density at radius 3 is 2.14 bits per heavy atom. The average Bonchev–Trinajstić information content (AvgIpc) is 3.15. The number of hydrogen-bond donors (Lipinski definition) is 0. The second-order valence-electron chi connectivity index (χ2n) is 7.81. The van der Waals surface area contributed by atoms with Crippen LogP contribution in [0.2, 0.25) is 0 Å². The lowest BCUT2D eigenvalue weighted by atomic mass is 9.92. The quantitative estimate of drug-likeness (QED) is 0.251. The van der Waals surface area contributed by atoms with Gasteiger partial charge in [0, 0.05) is 28.8 Å². The van der Waals surface area contributed by atoms with Gasteiger partial charge in [0.25, 0.3) is 5.69 Å². The van der Waals surface area contributed by atoms with E-state index in [4.69, 9.17) is 0 Å². The number of nitrogens with zero attached hydrogens (tertiary/aromatic N) is 3. The maximum absolute atomic E-state index is 12.6. The van der Waals surface area contributed by atoms with Gasteiger partial charge >= 0.3 is 0 Å². The molecule has 0 saturated carbocycles. The van der Waals surface area contributed by atoms with Crippen molar-refractivity contribution in [3.8, 4) is 5.69 Å². The van der Waals surface area contributed by atoms with E-state index in [0.717, 1.165) is 0 Å². The van der Waals surface area contributed by atoms with Crippen LogP contribution < -0.4 is 4.57 Å². The first-order valence-electron chi connectivity index (χ1n) is 9.75. The smallest absolute Gasteiger partial charge is 0.269 e. The highest BCUT2D eigenvalue weighted by Gasteiger charge is 2.21. The summed E-state index contributed by atoms with van der Waals surface area (Å²) in [5.41, 5.74) is 4.13. The SMILES string of the molecule is CC(C)c1cccc(C(C)C)c1-n1cc[n+](CC(=O)c2ccc([N+](=O)[O-])cc2)c1. The predicted molar refractivity (Wildman–Crippen MR) is 112 cm³/mol. The highest BCUT2D eigenvalue weighted by atomic mass is 16.6. The number of non-ortho nitro benzene ring substituents is 1. The number of benzene rings is 2. The molecule has 0 radical (unpaired) electrons. The number of hydrogen-bond acceptors (Lipinski definition) is 3. The van der Waals surface area contributed by atoms with Crippen LogP contribution in [0.5, 0.6) is 0 Å². The molecule has 0 fully saturated rings. The minimum Gasteiger partial charge on any atom is -0.290 e. The van der Waals surface area contributed by atoms with Crippen molar-refractivity contribution in [3.05, 3.63) is 88.0 Å². The van der Waals surface area contributed by atoms with Crippen LogP contribution in [0.25, 0.3) is 5.69 Å². The lowest BCUT2D eigenvalue weighted by Gasteiger charge is -2.16. The number of nitro groups is 1. The number of Topliss-reactive ketones (excluding diaryl/α,β-unsaturated/α-hetero) is 1. The van der Waals surface area contributed by atoms with Crippen LogP contribution in [0.1, 0.15) is 61.0 Å². The number of carbonyl (C=O) groups excluding carboxylic acids is 1. The second kappa shape index (κ2) is 8.39. The Bertz CT molecular complexity index is 1010. The number of rotatable bonds is 7. The molecule has 6 heteroatoms. The second-order valence-corrected chi connectivity index (χ2v) is 7.81. The minimum atomic E-state index is -0.471. The average molecular weight is 392 g/mol. The first-order valence-corrected chi connectivity index (χ1v) is 9.75. The fourth-order valence-corrected chi connectivity index (χ4v) is 3.46. The van der Waals surface area contributed by atoms with Gasteiger partial charge in [0.15, 0.2) is 6.54 Å². The molecule has 1 heterocycles. The molecule has 0 N–H and O–H groups in total. The van der Waals surface area contributed by atoms with Crippen molar-refractivity contribution >= 4 is 11.5 Å². The van der Waals surface area contributed by atoms with Crippen molar-refractivity contribution in [1.29, 1.82) is 0 Å². The Morgan fingerprint density at radius 2 is 1.62 bits per heavy atom. The van der Waals surface area contributed by atoms with Crippen molar-refractivity contribution < 1.29 is 14.3 Å². The van der Waals surface area contributed by atoms with E-state index in [-0.39, 0.29) is 18.0 Å². The molecule has 0 bridgehead atoms. The fourth-order valence-electron chi connectivity index (χ4n) is 3.46. The van der Waals surface area contributed by atoms with Crippen LogP contribution in [-0.2, 0) is 6.54 Å². The van der Waals surface area contributed by atoms with Gasteiger partial charge in [-0.1, -0.05) is 45.9 Å². The molecule has 6 nitrogen and oxygen atoms in total. The molecule has 29 heavy (non-hydrogen) atoms. The molecule has 0 atom stereocenters. The van der Waals surface area contributed by atoms with Gasteiger partial charge in [-0.2, -0.15) is 0 Å². The zero-order valence-corrected chi connectivity index (χ0v) is 17.2. The van der Waals surface area contributed by atoms with Crippen LogP contribution in [0.3, 0.4) is 0 Å². The van der Waals surface area contributed by atoms with Crippen LogP contribution in [0.4, 0.5) is 5.69 Å². The van der Waals surface area contributed by atoms with Gasteiger partial charge in [0.2, 0.25) is 12.1 Å². The number of ketones is 1. The van der Waals surface area contributed by atoms with Crippen LogP contribution >= 0.6 is 0 Å². The molecule has 0 aliphatic rings. The zero-order valence-electron chi connectivity index (χ0n) is 17.2. The summed E-state index contributed by atoms with van der Waals surface area (Å²) in [6, 6.07) is 12.1. The largest absolute Gasteiger partial charge is 0.290 e. The van der Waals surface area contributed by atoms with Gasteiger partial charge in [-0.05, 0) is 24.0 Å². The number of nitro benzene ring substituents is 1. The topological polar surface area (TPSA) is 69.0 Å². The molecule has 150 valence electrons. The summed E-state index contributed by atoms with van der Waals surface area (Å²) in [4.78, 5) is 22.9. The Balaban J connectivity index is 1.88. The summed E-state index contributed by atoms with van der Waals surface area (Å²) in [6.07, 6.45) is 5.77. The number of para-hydroxylation sites is 1. The third-order valence-electron chi connectivity index (χ3n) is 5.02. The van der Waals surface area contributed by atoms with E-state index in [1.807, 2.05) is 23.3 Å². The standard InChI is InChI=1S/C23H26N3O3/c1-16(2)20-6-5-7-21(17(3)4)23(20)25-13-12-24(15-25)14-22(27)18-8-10-19(11-9-18)26(28)29/h5-13,15-17H,14H2,1-4H3/q+1. The lowest BCUT2D eigenvalue weighted by Crippen LogP contribution is -2.35. The Labute approximate surface area is 170 Å². The van der Waals surface area contributed by atoms with Gasteiger partial charge in [-0.15, -0.1) is 0 Å². The van der Waals surface area contributed by atoms with E-state index < -0.39 is 4.92 Å². The Morgan fingerprint density at radius 1 is 1.03 bits per heavy atom.